The van der Waals surface area contributed by atoms with Crippen molar-refractivity contribution in [2.24, 2.45) is 0 Å². The Balaban J connectivity index is 2.24. The molecule has 0 spiro atoms. The number of hydrogen-bond acceptors (Lipinski definition) is 1. The van der Waals surface area contributed by atoms with Gasteiger partial charge in [-0.25, -0.2) is 0 Å². The van der Waals surface area contributed by atoms with Crippen molar-refractivity contribution in [2.45, 2.75) is 12.3 Å². The maximum Gasteiger partial charge on any atom is 0.123 e. The zero-order valence-electron chi connectivity index (χ0n) is 11.1. The Morgan fingerprint density at radius 3 is 2.45 bits per heavy atom. The molecule has 1 atom stereocenters. The van der Waals surface area contributed by atoms with E-state index in [0.717, 1.165) is 12.2 Å². The van der Waals surface area contributed by atoms with Gasteiger partial charge in [0.2, 0.25) is 0 Å². The number of halogens is 2. The van der Waals surface area contributed by atoms with Crippen LogP contribution in [0.25, 0.3) is 0 Å². The third kappa shape index (κ3) is 2.50. The van der Waals surface area contributed by atoms with Crippen molar-refractivity contribution in [3.63, 3.8) is 0 Å². The van der Waals surface area contributed by atoms with Crippen molar-refractivity contribution in [2.75, 3.05) is 7.11 Å². The maximum atomic E-state index is 5.62. The van der Waals surface area contributed by atoms with E-state index in [9.17, 15) is 0 Å². The number of allylic oxidation sites excluding steroid dienone is 2. The van der Waals surface area contributed by atoms with E-state index >= 15 is 0 Å². The summed E-state index contributed by atoms with van der Waals surface area (Å²) in [4.78, 5) is 0. The highest BCUT2D eigenvalue weighted by atomic mass is 127. The minimum absolute atomic E-state index is 0.295. The average Bonchev–Trinajstić information content (AvgIpc) is 2.49. The Bertz CT molecular complexity index is 662. The summed E-state index contributed by atoms with van der Waals surface area (Å²) in [6, 6.07) is 17.1. The van der Waals surface area contributed by atoms with Crippen LogP contribution >= 0.6 is 45.2 Å². The van der Waals surface area contributed by atoms with E-state index in [1.54, 1.807) is 7.11 Å². The largest absolute Gasteiger partial charge is 0.496 e. The molecule has 3 heteroatoms. The molecule has 0 heterocycles. The van der Waals surface area contributed by atoms with E-state index in [1.165, 1.54) is 23.9 Å². The van der Waals surface area contributed by atoms with Gasteiger partial charge in [-0.15, -0.1) is 0 Å². The average molecular weight is 488 g/mol. The second kappa shape index (κ2) is 6.05. The zero-order valence-corrected chi connectivity index (χ0v) is 15.4. The molecule has 0 N–H and O–H groups in total. The Morgan fingerprint density at radius 2 is 1.75 bits per heavy atom. The molecule has 1 aliphatic carbocycles. The van der Waals surface area contributed by atoms with Crippen molar-refractivity contribution in [3.05, 3.63) is 72.4 Å². The van der Waals surface area contributed by atoms with Gasteiger partial charge in [0.25, 0.3) is 0 Å². The van der Waals surface area contributed by atoms with Gasteiger partial charge in [-0.05, 0) is 62.4 Å². The predicted octanol–water partition coefficient (Wildman–Crippen LogP) is 5.46. The summed E-state index contributed by atoms with van der Waals surface area (Å²) in [6.45, 7) is 0. The van der Waals surface area contributed by atoms with E-state index in [2.05, 4.69) is 93.7 Å². The van der Waals surface area contributed by atoms with E-state index < -0.39 is 0 Å². The number of ether oxygens (including phenoxy) is 1. The molecular weight excluding hydrogens is 474 g/mol. The van der Waals surface area contributed by atoms with Crippen LogP contribution in [-0.2, 0) is 6.42 Å². The quantitative estimate of drug-likeness (QED) is 0.511. The van der Waals surface area contributed by atoms with E-state index in [-0.39, 0.29) is 0 Å². The van der Waals surface area contributed by atoms with Crippen LogP contribution in [0.5, 0.6) is 5.75 Å². The summed E-state index contributed by atoms with van der Waals surface area (Å²) < 4.78 is 8.46. The molecule has 0 radical (unpaired) electrons. The van der Waals surface area contributed by atoms with Crippen LogP contribution in [0, 0.1) is 0 Å². The molecule has 0 aromatic heterocycles. The number of benzene rings is 2. The molecule has 20 heavy (non-hydrogen) atoms. The lowest BCUT2D eigenvalue weighted by Gasteiger charge is -2.28. The fourth-order valence-corrected chi connectivity index (χ4v) is 4.33. The summed E-state index contributed by atoms with van der Waals surface area (Å²) in [5.74, 6) is 1.29. The minimum Gasteiger partial charge on any atom is -0.496 e. The molecule has 1 nitrogen and oxygen atoms in total. The fourth-order valence-electron chi connectivity index (χ4n) is 2.74. The summed E-state index contributed by atoms with van der Waals surface area (Å²) in [7, 11) is 1.76. The van der Waals surface area contributed by atoms with Gasteiger partial charge in [0.1, 0.15) is 5.75 Å². The van der Waals surface area contributed by atoms with Crippen LogP contribution in [0.2, 0.25) is 0 Å². The SMILES string of the molecule is COc1cccc2c1C(c1ccccc1)C(I)=C(I)C2. The van der Waals surface area contributed by atoms with Crippen LogP contribution in [0.15, 0.2) is 55.7 Å². The van der Waals surface area contributed by atoms with Crippen LogP contribution < -0.4 is 4.74 Å². The molecule has 1 unspecified atom stereocenters. The summed E-state index contributed by atoms with van der Waals surface area (Å²) >= 11 is 4.97. The fraction of sp³-hybridized carbons (Fsp3) is 0.176. The normalized spacial score (nSPS) is 17.9. The highest BCUT2D eigenvalue weighted by Gasteiger charge is 2.29. The smallest absolute Gasteiger partial charge is 0.123 e. The lowest BCUT2D eigenvalue weighted by Crippen LogP contribution is -2.13. The highest BCUT2D eigenvalue weighted by molar-refractivity contribution is 14.1. The van der Waals surface area contributed by atoms with Crippen LogP contribution in [0.3, 0.4) is 0 Å². The minimum atomic E-state index is 0.295. The molecule has 0 aliphatic heterocycles. The van der Waals surface area contributed by atoms with Crippen molar-refractivity contribution in [1.82, 2.24) is 0 Å². The summed E-state index contributed by atoms with van der Waals surface area (Å²) in [5.41, 5.74) is 4.03. The Labute approximate surface area is 146 Å². The third-order valence-electron chi connectivity index (χ3n) is 3.66. The van der Waals surface area contributed by atoms with Gasteiger partial charge in [0.15, 0.2) is 0 Å². The topological polar surface area (TPSA) is 9.23 Å². The molecule has 0 bridgehead atoms. The molecule has 2 aromatic carbocycles. The Kier molecular flexibility index (Phi) is 4.35. The lowest BCUT2D eigenvalue weighted by atomic mass is 9.82. The van der Waals surface area contributed by atoms with Crippen molar-refractivity contribution in [3.8, 4) is 5.75 Å². The molecule has 1 aliphatic rings. The van der Waals surface area contributed by atoms with Crippen LogP contribution in [0.1, 0.15) is 22.6 Å². The molecule has 102 valence electrons. The van der Waals surface area contributed by atoms with Gasteiger partial charge in [0, 0.05) is 25.1 Å². The van der Waals surface area contributed by atoms with Crippen molar-refractivity contribution < 1.29 is 4.74 Å². The van der Waals surface area contributed by atoms with Crippen LogP contribution in [-0.4, -0.2) is 7.11 Å². The van der Waals surface area contributed by atoms with E-state index in [4.69, 9.17) is 4.74 Å². The first kappa shape index (κ1) is 14.4. The molecule has 0 fully saturated rings. The molecule has 0 amide bonds. The second-order valence-corrected chi connectivity index (χ2v) is 7.27. The molecule has 0 saturated carbocycles. The first-order valence-corrected chi connectivity index (χ1v) is 8.63. The maximum absolute atomic E-state index is 5.62. The second-order valence-electron chi connectivity index (χ2n) is 4.81. The highest BCUT2D eigenvalue weighted by Crippen LogP contribution is 2.48. The molecule has 0 saturated heterocycles. The summed E-state index contributed by atoms with van der Waals surface area (Å²) in [6.07, 6.45) is 1.01. The first-order valence-electron chi connectivity index (χ1n) is 6.47. The van der Waals surface area contributed by atoms with Gasteiger partial charge in [-0.3, -0.25) is 0 Å². The standard InChI is InChI=1S/C17H14I2O/c1-20-14-9-5-8-12-10-13(18)17(19)16(15(12)14)11-6-3-2-4-7-11/h2-9,16H,10H2,1H3. The summed E-state index contributed by atoms with van der Waals surface area (Å²) in [5, 5.41) is 0. The van der Waals surface area contributed by atoms with Gasteiger partial charge in [-0.2, -0.15) is 0 Å². The molecular formula is C17H14I2O. The number of hydrogen-bond donors (Lipinski definition) is 0. The predicted molar refractivity (Wildman–Crippen MR) is 100 cm³/mol. The zero-order chi connectivity index (χ0) is 14.1. The van der Waals surface area contributed by atoms with Gasteiger partial charge in [-0.1, -0.05) is 42.5 Å². The first-order chi connectivity index (χ1) is 9.72. The lowest BCUT2D eigenvalue weighted by molar-refractivity contribution is 0.408. The van der Waals surface area contributed by atoms with E-state index in [1.807, 2.05) is 0 Å². The van der Waals surface area contributed by atoms with Crippen molar-refractivity contribution in [1.29, 1.82) is 0 Å². The monoisotopic (exact) mass is 488 g/mol. The van der Waals surface area contributed by atoms with Gasteiger partial charge < -0.3 is 4.74 Å². The van der Waals surface area contributed by atoms with Gasteiger partial charge in [0.05, 0.1) is 7.11 Å². The third-order valence-corrected chi connectivity index (χ3v) is 6.92. The Hall–Kier alpha value is -0.560. The van der Waals surface area contributed by atoms with E-state index in [0.29, 0.717) is 5.92 Å². The number of methoxy groups -OCH3 is 1. The van der Waals surface area contributed by atoms with Crippen LogP contribution in [0.4, 0.5) is 0 Å². The molecule has 2 aromatic rings. The van der Waals surface area contributed by atoms with Gasteiger partial charge >= 0.3 is 0 Å². The van der Waals surface area contributed by atoms with Crippen molar-refractivity contribution >= 4 is 45.2 Å². The number of rotatable bonds is 2. The number of fused-ring (bicyclic) bond motifs is 1. The molecule has 3 rings (SSSR count). The Morgan fingerprint density at radius 1 is 1.00 bits per heavy atom.